The van der Waals surface area contributed by atoms with Gasteiger partial charge in [-0.25, -0.2) is 0 Å². The van der Waals surface area contributed by atoms with E-state index in [4.69, 9.17) is 0 Å². The standard InChI is InChI=1S/C16H24N2O/c1-12-11-18(15-6-8-17-13(2)10-15)9-7-16(12,19)14-4-3-5-14/h6,8,10,12,14,19H,3-5,7,9,11H2,1-2H3/t12-,16+/m1/s1. The van der Waals surface area contributed by atoms with Crippen molar-refractivity contribution in [3.8, 4) is 0 Å². The Hall–Kier alpha value is -1.09. The van der Waals surface area contributed by atoms with Gasteiger partial charge in [0, 0.05) is 36.6 Å². The van der Waals surface area contributed by atoms with Crippen molar-refractivity contribution >= 4 is 5.69 Å². The van der Waals surface area contributed by atoms with E-state index in [1.54, 1.807) is 0 Å². The number of hydrogen-bond acceptors (Lipinski definition) is 3. The first kappa shape index (κ1) is 12.9. The Morgan fingerprint density at radius 1 is 1.42 bits per heavy atom. The lowest BCUT2D eigenvalue weighted by Crippen LogP contribution is -2.56. The van der Waals surface area contributed by atoms with Crippen LogP contribution >= 0.6 is 0 Å². The van der Waals surface area contributed by atoms with E-state index in [9.17, 15) is 5.11 Å². The molecule has 1 aromatic rings. The molecule has 3 rings (SSSR count). The lowest BCUT2D eigenvalue weighted by molar-refractivity contribution is -0.102. The summed E-state index contributed by atoms with van der Waals surface area (Å²) in [5, 5.41) is 10.9. The maximum Gasteiger partial charge on any atom is 0.0734 e. The fraction of sp³-hybridized carbons (Fsp3) is 0.688. The van der Waals surface area contributed by atoms with Crippen LogP contribution in [0, 0.1) is 18.8 Å². The summed E-state index contributed by atoms with van der Waals surface area (Å²) in [6.45, 7) is 6.15. The monoisotopic (exact) mass is 260 g/mol. The van der Waals surface area contributed by atoms with Crippen LogP contribution in [-0.2, 0) is 0 Å². The van der Waals surface area contributed by atoms with Crippen LogP contribution in [0.5, 0.6) is 0 Å². The number of anilines is 1. The van der Waals surface area contributed by atoms with E-state index in [-0.39, 0.29) is 0 Å². The SMILES string of the molecule is Cc1cc(N2CC[C@@](O)(C3CCC3)[C@H](C)C2)ccn1. The number of aromatic nitrogens is 1. The van der Waals surface area contributed by atoms with Gasteiger partial charge in [0.1, 0.15) is 0 Å². The molecule has 1 saturated carbocycles. The predicted octanol–water partition coefficient (Wildman–Crippen LogP) is 2.77. The Kier molecular flexibility index (Phi) is 3.25. The molecule has 104 valence electrons. The third kappa shape index (κ3) is 2.25. The molecular weight excluding hydrogens is 236 g/mol. The van der Waals surface area contributed by atoms with Gasteiger partial charge in [-0.1, -0.05) is 13.3 Å². The molecule has 0 spiro atoms. The van der Waals surface area contributed by atoms with E-state index in [1.807, 2.05) is 13.1 Å². The van der Waals surface area contributed by atoms with Crippen molar-refractivity contribution < 1.29 is 5.11 Å². The third-order valence-electron chi connectivity index (χ3n) is 5.19. The highest BCUT2D eigenvalue weighted by Crippen LogP contribution is 2.45. The molecule has 3 heteroatoms. The predicted molar refractivity (Wildman–Crippen MR) is 77.3 cm³/mol. The number of aliphatic hydroxyl groups is 1. The molecule has 0 radical (unpaired) electrons. The van der Waals surface area contributed by atoms with Gasteiger partial charge in [-0.05, 0) is 44.2 Å². The summed E-state index contributed by atoms with van der Waals surface area (Å²) in [7, 11) is 0. The van der Waals surface area contributed by atoms with Gasteiger partial charge >= 0.3 is 0 Å². The Balaban J connectivity index is 1.73. The van der Waals surface area contributed by atoms with Gasteiger partial charge in [0.2, 0.25) is 0 Å². The van der Waals surface area contributed by atoms with Crippen LogP contribution in [0.2, 0.25) is 0 Å². The number of aryl methyl sites for hydroxylation is 1. The minimum atomic E-state index is -0.420. The van der Waals surface area contributed by atoms with Crippen molar-refractivity contribution in [1.29, 1.82) is 0 Å². The van der Waals surface area contributed by atoms with Crippen LogP contribution in [0.3, 0.4) is 0 Å². The highest BCUT2D eigenvalue weighted by Gasteiger charge is 2.46. The second-order valence-corrected chi connectivity index (χ2v) is 6.37. The van der Waals surface area contributed by atoms with E-state index >= 15 is 0 Å². The molecule has 1 aliphatic heterocycles. The highest BCUT2D eigenvalue weighted by molar-refractivity contribution is 5.47. The zero-order valence-electron chi connectivity index (χ0n) is 12.0. The zero-order valence-corrected chi connectivity index (χ0v) is 12.0. The van der Waals surface area contributed by atoms with E-state index in [0.717, 1.165) is 25.2 Å². The molecule has 0 unspecified atom stereocenters. The average molecular weight is 260 g/mol. The molecule has 1 N–H and O–H groups in total. The maximum atomic E-state index is 10.9. The minimum Gasteiger partial charge on any atom is -0.389 e. The molecule has 0 aromatic carbocycles. The summed E-state index contributed by atoms with van der Waals surface area (Å²) >= 11 is 0. The van der Waals surface area contributed by atoms with Gasteiger partial charge in [0.25, 0.3) is 0 Å². The third-order valence-corrected chi connectivity index (χ3v) is 5.19. The Morgan fingerprint density at radius 2 is 2.21 bits per heavy atom. The van der Waals surface area contributed by atoms with Crippen LogP contribution < -0.4 is 4.90 Å². The van der Waals surface area contributed by atoms with Crippen molar-refractivity contribution in [2.24, 2.45) is 11.8 Å². The van der Waals surface area contributed by atoms with Gasteiger partial charge in [0.15, 0.2) is 0 Å². The van der Waals surface area contributed by atoms with E-state index in [0.29, 0.717) is 11.8 Å². The normalized spacial score (nSPS) is 32.2. The zero-order chi connectivity index (χ0) is 13.5. The molecule has 0 amide bonds. The first-order valence-electron chi connectivity index (χ1n) is 7.49. The first-order valence-corrected chi connectivity index (χ1v) is 7.49. The lowest BCUT2D eigenvalue weighted by Gasteiger charge is -2.51. The Bertz CT molecular complexity index is 458. The lowest BCUT2D eigenvalue weighted by atomic mass is 9.65. The Labute approximate surface area is 115 Å². The van der Waals surface area contributed by atoms with Crippen LogP contribution in [0.25, 0.3) is 0 Å². The molecular formula is C16H24N2O. The van der Waals surface area contributed by atoms with E-state index in [2.05, 4.69) is 28.9 Å². The summed E-state index contributed by atoms with van der Waals surface area (Å²) in [5.41, 5.74) is 1.89. The molecule has 1 aliphatic carbocycles. The van der Waals surface area contributed by atoms with Crippen LogP contribution in [0.15, 0.2) is 18.3 Å². The van der Waals surface area contributed by atoms with Crippen molar-refractivity contribution in [3.63, 3.8) is 0 Å². The Morgan fingerprint density at radius 3 is 2.79 bits per heavy atom. The summed E-state index contributed by atoms with van der Waals surface area (Å²) in [5.74, 6) is 0.892. The number of hydrogen-bond donors (Lipinski definition) is 1. The van der Waals surface area contributed by atoms with Crippen LogP contribution in [0.1, 0.15) is 38.3 Å². The second kappa shape index (κ2) is 4.78. The molecule has 19 heavy (non-hydrogen) atoms. The maximum absolute atomic E-state index is 10.9. The molecule has 2 atom stereocenters. The van der Waals surface area contributed by atoms with Crippen molar-refractivity contribution in [1.82, 2.24) is 4.98 Å². The van der Waals surface area contributed by atoms with Gasteiger partial charge in [-0.3, -0.25) is 4.98 Å². The first-order chi connectivity index (χ1) is 9.09. The van der Waals surface area contributed by atoms with Gasteiger partial charge < -0.3 is 10.0 Å². The molecule has 2 aliphatic rings. The fourth-order valence-corrected chi connectivity index (χ4v) is 3.62. The fourth-order valence-electron chi connectivity index (χ4n) is 3.62. The van der Waals surface area contributed by atoms with E-state index in [1.165, 1.54) is 24.9 Å². The minimum absolute atomic E-state index is 0.347. The number of rotatable bonds is 2. The van der Waals surface area contributed by atoms with Gasteiger partial charge in [-0.2, -0.15) is 0 Å². The van der Waals surface area contributed by atoms with Crippen LogP contribution in [0.4, 0.5) is 5.69 Å². The number of piperidine rings is 1. The number of pyridine rings is 1. The summed E-state index contributed by atoms with van der Waals surface area (Å²) in [6, 6.07) is 4.22. The van der Waals surface area contributed by atoms with Gasteiger partial charge in [-0.15, -0.1) is 0 Å². The molecule has 3 nitrogen and oxygen atoms in total. The molecule has 1 saturated heterocycles. The highest BCUT2D eigenvalue weighted by atomic mass is 16.3. The molecule has 0 bridgehead atoms. The smallest absolute Gasteiger partial charge is 0.0734 e. The summed E-state index contributed by atoms with van der Waals surface area (Å²) in [6.07, 6.45) is 6.51. The molecule has 2 fully saturated rings. The van der Waals surface area contributed by atoms with Crippen molar-refractivity contribution in [2.75, 3.05) is 18.0 Å². The molecule has 1 aromatic heterocycles. The van der Waals surface area contributed by atoms with Crippen molar-refractivity contribution in [2.45, 2.75) is 45.1 Å². The average Bonchev–Trinajstić information content (AvgIpc) is 2.30. The van der Waals surface area contributed by atoms with E-state index < -0.39 is 5.60 Å². The second-order valence-electron chi connectivity index (χ2n) is 6.37. The summed E-state index contributed by atoms with van der Waals surface area (Å²) < 4.78 is 0. The van der Waals surface area contributed by atoms with Crippen LogP contribution in [-0.4, -0.2) is 28.8 Å². The number of nitrogens with zero attached hydrogens (tertiary/aromatic N) is 2. The van der Waals surface area contributed by atoms with Gasteiger partial charge in [0.05, 0.1) is 5.60 Å². The quantitative estimate of drug-likeness (QED) is 0.888. The molecule has 2 heterocycles. The largest absolute Gasteiger partial charge is 0.389 e. The summed E-state index contributed by atoms with van der Waals surface area (Å²) in [4.78, 5) is 6.65. The topological polar surface area (TPSA) is 36.4 Å². The van der Waals surface area contributed by atoms with Crippen molar-refractivity contribution in [3.05, 3.63) is 24.0 Å².